The van der Waals surface area contributed by atoms with Crippen LogP contribution in [0.25, 0.3) is 0 Å². The first kappa shape index (κ1) is 9.97. The number of aryl methyl sites for hydroxylation is 1. The van der Waals surface area contributed by atoms with E-state index in [0.717, 1.165) is 18.4 Å². The molecule has 0 bridgehead atoms. The summed E-state index contributed by atoms with van der Waals surface area (Å²) in [5.41, 5.74) is 1.50. The van der Waals surface area contributed by atoms with E-state index >= 15 is 0 Å². The molecule has 3 heteroatoms. The second kappa shape index (κ2) is 4.31. The van der Waals surface area contributed by atoms with Crippen molar-refractivity contribution >= 4 is 0 Å². The summed E-state index contributed by atoms with van der Waals surface area (Å²) in [5, 5.41) is 9.00. The summed E-state index contributed by atoms with van der Waals surface area (Å²) in [7, 11) is 0. The lowest BCUT2D eigenvalue weighted by atomic mass is 10.2. The zero-order valence-corrected chi connectivity index (χ0v) is 8.86. The van der Waals surface area contributed by atoms with Gasteiger partial charge in [-0.2, -0.15) is 5.26 Å². The standard InChI is InChI=1S/C12H14N2O/c1-9-6-7-14-12(11(9)8-13)15-10-4-2-3-5-10/h6-7,10H,2-5H2,1H3. The van der Waals surface area contributed by atoms with Crippen LogP contribution >= 0.6 is 0 Å². The first-order valence-corrected chi connectivity index (χ1v) is 5.33. The van der Waals surface area contributed by atoms with Gasteiger partial charge in [-0.15, -0.1) is 0 Å². The van der Waals surface area contributed by atoms with E-state index in [4.69, 9.17) is 10.00 Å². The molecule has 3 nitrogen and oxygen atoms in total. The number of hydrogen-bond donors (Lipinski definition) is 0. The maximum atomic E-state index is 9.00. The normalized spacial score (nSPS) is 16.3. The lowest BCUT2D eigenvalue weighted by Gasteiger charge is -2.13. The number of pyridine rings is 1. The average molecular weight is 202 g/mol. The van der Waals surface area contributed by atoms with E-state index in [0.29, 0.717) is 11.4 Å². The number of rotatable bonds is 2. The Bertz CT molecular complexity index is 389. The van der Waals surface area contributed by atoms with Gasteiger partial charge in [-0.25, -0.2) is 4.98 Å². The van der Waals surface area contributed by atoms with Crippen LogP contribution in [0.2, 0.25) is 0 Å². The van der Waals surface area contributed by atoms with Gasteiger partial charge in [0.1, 0.15) is 17.7 Å². The van der Waals surface area contributed by atoms with Crippen molar-refractivity contribution in [2.24, 2.45) is 0 Å². The number of ether oxygens (including phenoxy) is 1. The first-order chi connectivity index (χ1) is 7.31. The van der Waals surface area contributed by atoms with Crippen LogP contribution in [0.5, 0.6) is 5.88 Å². The molecule has 1 saturated carbocycles. The van der Waals surface area contributed by atoms with Crippen molar-refractivity contribution in [3.8, 4) is 11.9 Å². The summed E-state index contributed by atoms with van der Waals surface area (Å²) in [6.45, 7) is 1.90. The maximum Gasteiger partial charge on any atom is 0.232 e. The average Bonchev–Trinajstić information content (AvgIpc) is 2.71. The molecule has 1 aromatic heterocycles. The fraction of sp³-hybridized carbons (Fsp3) is 0.500. The van der Waals surface area contributed by atoms with Crippen LogP contribution in [0.15, 0.2) is 12.3 Å². The fourth-order valence-electron chi connectivity index (χ4n) is 1.92. The lowest BCUT2D eigenvalue weighted by Crippen LogP contribution is -2.13. The second-order valence-corrected chi connectivity index (χ2v) is 3.94. The molecule has 0 aliphatic heterocycles. The Kier molecular flexibility index (Phi) is 2.86. The molecule has 15 heavy (non-hydrogen) atoms. The third-order valence-electron chi connectivity index (χ3n) is 2.82. The molecule has 0 radical (unpaired) electrons. The Morgan fingerprint density at radius 1 is 1.47 bits per heavy atom. The van der Waals surface area contributed by atoms with E-state index < -0.39 is 0 Å². The van der Waals surface area contributed by atoms with E-state index in [9.17, 15) is 0 Å². The van der Waals surface area contributed by atoms with Gasteiger partial charge in [0.25, 0.3) is 0 Å². The topological polar surface area (TPSA) is 45.9 Å². The minimum Gasteiger partial charge on any atom is -0.473 e. The largest absolute Gasteiger partial charge is 0.473 e. The van der Waals surface area contributed by atoms with Crippen LogP contribution in [0.3, 0.4) is 0 Å². The number of hydrogen-bond acceptors (Lipinski definition) is 3. The smallest absolute Gasteiger partial charge is 0.232 e. The van der Waals surface area contributed by atoms with Crippen molar-refractivity contribution in [2.45, 2.75) is 38.7 Å². The van der Waals surface area contributed by atoms with Gasteiger partial charge in [0, 0.05) is 6.20 Å². The summed E-state index contributed by atoms with van der Waals surface area (Å²) in [6, 6.07) is 3.98. The van der Waals surface area contributed by atoms with Crippen LogP contribution in [0.1, 0.15) is 36.8 Å². The van der Waals surface area contributed by atoms with Gasteiger partial charge >= 0.3 is 0 Å². The molecular formula is C12H14N2O. The Morgan fingerprint density at radius 2 is 2.20 bits per heavy atom. The third kappa shape index (κ3) is 2.10. The Hall–Kier alpha value is -1.56. The first-order valence-electron chi connectivity index (χ1n) is 5.33. The molecule has 0 unspecified atom stereocenters. The van der Waals surface area contributed by atoms with Gasteiger partial charge in [-0.1, -0.05) is 0 Å². The van der Waals surface area contributed by atoms with Crippen LogP contribution in [0.4, 0.5) is 0 Å². The van der Waals surface area contributed by atoms with Crippen LogP contribution in [-0.2, 0) is 0 Å². The predicted molar refractivity (Wildman–Crippen MR) is 56.6 cm³/mol. The van der Waals surface area contributed by atoms with E-state index in [2.05, 4.69) is 11.1 Å². The van der Waals surface area contributed by atoms with Crippen molar-refractivity contribution in [2.75, 3.05) is 0 Å². The number of nitriles is 1. The minimum absolute atomic E-state index is 0.256. The van der Waals surface area contributed by atoms with Gasteiger partial charge in [0.05, 0.1) is 0 Å². The Morgan fingerprint density at radius 3 is 2.87 bits per heavy atom. The van der Waals surface area contributed by atoms with Gasteiger partial charge < -0.3 is 4.74 Å². The number of aromatic nitrogens is 1. The van der Waals surface area contributed by atoms with Gasteiger partial charge in [-0.3, -0.25) is 0 Å². The zero-order chi connectivity index (χ0) is 10.7. The highest BCUT2D eigenvalue weighted by molar-refractivity contribution is 5.43. The lowest BCUT2D eigenvalue weighted by molar-refractivity contribution is 0.200. The molecule has 0 aromatic carbocycles. The highest BCUT2D eigenvalue weighted by atomic mass is 16.5. The molecule has 2 rings (SSSR count). The molecule has 0 saturated heterocycles. The van der Waals surface area contributed by atoms with Crippen LogP contribution in [0, 0.1) is 18.3 Å². The third-order valence-corrected chi connectivity index (χ3v) is 2.82. The summed E-state index contributed by atoms with van der Waals surface area (Å²) >= 11 is 0. The van der Waals surface area contributed by atoms with Crippen molar-refractivity contribution in [1.29, 1.82) is 5.26 Å². The molecular weight excluding hydrogens is 188 g/mol. The van der Waals surface area contributed by atoms with E-state index in [1.807, 2.05) is 13.0 Å². The van der Waals surface area contributed by atoms with Crippen molar-refractivity contribution in [3.05, 3.63) is 23.4 Å². The predicted octanol–water partition coefficient (Wildman–Crippen LogP) is 2.58. The molecule has 1 fully saturated rings. The Labute approximate surface area is 89.7 Å². The highest BCUT2D eigenvalue weighted by Gasteiger charge is 2.19. The Balaban J connectivity index is 2.20. The summed E-state index contributed by atoms with van der Waals surface area (Å²) in [4.78, 5) is 4.13. The fourth-order valence-corrected chi connectivity index (χ4v) is 1.92. The van der Waals surface area contributed by atoms with Crippen molar-refractivity contribution in [1.82, 2.24) is 4.98 Å². The SMILES string of the molecule is Cc1ccnc(OC2CCCC2)c1C#N. The van der Waals surface area contributed by atoms with Crippen LogP contribution < -0.4 is 4.74 Å². The van der Waals surface area contributed by atoms with Crippen LogP contribution in [-0.4, -0.2) is 11.1 Å². The molecule has 0 spiro atoms. The summed E-state index contributed by atoms with van der Waals surface area (Å²) in [5.74, 6) is 0.504. The molecule has 1 aliphatic rings. The zero-order valence-electron chi connectivity index (χ0n) is 8.86. The molecule has 0 N–H and O–H groups in total. The van der Waals surface area contributed by atoms with E-state index in [-0.39, 0.29) is 6.10 Å². The van der Waals surface area contributed by atoms with Gasteiger partial charge in [-0.05, 0) is 44.2 Å². The molecule has 78 valence electrons. The van der Waals surface area contributed by atoms with Gasteiger partial charge in [0.2, 0.25) is 5.88 Å². The molecule has 1 aliphatic carbocycles. The minimum atomic E-state index is 0.256. The van der Waals surface area contributed by atoms with Gasteiger partial charge in [0.15, 0.2) is 0 Å². The van der Waals surface area contributed by atoms with E-state index in [1.54, 1.807) is 6.20 Å². The van der Waals surface area contributed by atoms with Crippen molar-refractivity contribution in [3.63, 3.8) is 0 Å². The highest BCUT2D eigenvalue weighted by Crippen LogP contribution is 2.25. The quantitative estimate of drug-likeness (QED) is 0.740. The molecule has 1 heterocycles. The molecule has 0 amide bonds. The molecule has 0 atom stereocenters. The monoisotopic (exact) mass is 202 g/mol. The summed E-state index contributed by atoms with van der Waals surface area (Å²) in [6.07, 6.45) is 6.56. The summed E-state index contributed by atoms with van der Waals surface area (Å²) < 4.78 is 5.74. The second-order valence-electron chi connectivity index (χ2n) is 3.94. The van der Waals surface area contributed by atoms with Crippen molar-refractivity contribution < 1.29 is 4.74 Å². The molecule has 1 aromatic rings. The van der Waals surface area contributed by atoms with E-state index in [1.165, 1.54) is 12.8 Å². The maximum absolute atomic E-state index is 9.00. The number of nitrogens with zero attached hydrogens (tertiary/aromatic N) is 2.